The molecule has 1 aliphatic heterocycles. The smallest absolute Gasteiger partial charge is 0.305 e. The summed E-state index contributed by atoms with van der Waals surface area (Å²) < 4.78 is 0. The Bertz CT molecular complexity index is 799. The number of carbonyl (C=O) groups is 4. The summed E-state index contributed by atoms with van der Waals surface area (Å²) in [5.41, 5.74) is 0.816. The summed E-state index contributed by atoms with van der Waals surface area (Å²) in [6.45, 7) is 0.0398. The number of carbonyl (C=O) groups excluding carboxylic acids is 3. The molecule has 2 fully saturated rings. The summed E-state index contributed by atoms with van der Waals surface area (Å²) in [5.74, 6) is -1.88. The molecule has 7 nitrogen and oxygen atoms in total. The van der Waals surface area contributed by atoms with Crippen molar-refractivity contribution in [3.8, 4) is 0 Å². The molecular formula is C19H18N2O5. The summed E-state index contributed by atoms with van der Waals surface area (Å²) in [5, 5.41) is 11.1. The lowest BCUT2D eigenvalue weighted by Gasteiger charge is -2.17. The van der Waals surface area contributed by atoms with Gasteiger partial charge in [-0.25, -0.2) is 0 Å². The van der Waals surface area contributed by atoms with Gasteiger partial charge >= 0.3 is 5.97 Å². The van der Waals surface area contributed by atoms with Gasteiger partial charge in [-0.15, -0.1) is 0 Å². The summed E-state index contributed by atoms with van der Waals surface area (Å²) in [6.07, 6.45) is 4.83. The SMILES string of the molecule is O=C(O)CCNC(=O)c1ccc(N2C(=O)C3C4C=CC(C4)C3C2=O)cc1. The first kappa shape index (κ1) is 16.5. The Morgan fingerprint density at radius 3 is 2.15 bits per heavy atom. The fourth-order valence-corrected chi connectivity index (χ4v) is 4.30. The number of hydrogen-bond donors (Lipinski definition) is 2. The largest absolute Gasteiger partial charge is 0.481 e. The van der Waals surface area contributed by atoms with Crippen molar-refractivity contribution in [1.29, 1.82) is 0 Å². The van der Waals surface area contributed by atoms with E-state index in [-0.39, 0.29) is 48.5 Å². The van der Waals surface area contributed by atoms with Gasteiger partial charge in [0.2, 0.25) is 11.8 Å². The van der Waals surface area contributed by atoms with Crippen molar-refractivity contribution in [1.82, 2.24) is 5.32 Å². The molecule has 0 spiro atoms. The second kappa shape index (κ2) is 6.09. The quantitative estimate of drug-likeness (QED) is 0.611. The standard InChI is InChI=1S/C19H18N2O5/c22-14(23)7-8-20-17(24)10-3-5-13(6-4-10)21-18(25)15-11-1-2-12(9-11)16(15)19(21)26/h1-6,11-12,15-16H,7-9H2,(H,20,24)(H,22,23). The number of fused-ring (bicyclic) bond motifs is 5. The van der Waals surface area contributed by atoms with Crippen LogP contribution in [0.2, 0.25) is 0 Å². The van der Waals surface area contributed by atoms with Gasteiger partial charge in [-0.1, -0.05) is 12.2 Å². The Kier molecular flexibility index (Phi) is 3.86. The normalized spacial score (nSPS) is 28.5. The highest BCUT2D eigenvalue weighted by Gasteiger charge is 2.59. The maximum Gasteiger partial charge on any atom is 0.305 e. The van der Waals surface area contributed by atoms with Gasteiger partial charge in [-0.3, -0.25) is 24.1 Å². The third-order valence-electron chi connectivity index (χ3n) is 5.48. The minimum absolute atomic E-state index is 0.0398. The van der Waals surface area contributed by atoms with Crippen molar-refractivity contribution >= 4 is 29.4 Å². The van der Waals surface area contributed by atoms with Gasteiger partial charge in [0.1, 0.15) is 0 Å². The van der Waals surface area contributed by atoms with Gasteiger partial charge in [0, 0.05) is 12.1 Å². The van der Waals surface area contributed by atoms with Crippen LogP contribution in [0.4, 0.5) is 5.69 Å². The maximum atomic E-state index is 12.7. The number of benzene rings is 1. The molecule has 4 atom stereocenters. The van der Waals surface area contributed by atoms with Crippen molar-refractivity contribution in [3.05, 3.63) is 42.0 Å². The fourth-order valence-electron chi connectivity index (χ4n) is 4.30. The van der Waals surface area contributed by atoms with E-state index in [1.54, 1.807) is 12.1 Å². The molecule has 7 heteroatoms. The topological polar surface area (TPSA) is 104 Å². The molecule has 2 N–H and O–H groups in total. The number of nitrogens with one attached hydrogen (secondary N) is 1. The number of rotatable bonds is 5. The van der Waals surface area contributed by atoms with Crippen LogP contribution in [0.3, 0.4) is 0 Å². The third-order valence-corrected chi connectivity index (χ3v) is 5.48. The number of carboxylic acids is 1. The van der Waals surface area contributed by atoms with E-state index in [1.165, 1.54) is 17.0 Å². The zero-order chi connectivity index (χ0) is 18.4. The summed E-state index contributed by atoms with van der Waals surface area (Å²) >= 11 is 0. The highest BCUT2D eigenvalue weighted by atomic mass is 16.4. The van der Waals surface area contributed by atoms with Crippen LogP contribution < -0.4 is 10.2 Å². The molecule has 2 aliphatic carbocycles. The second-order valence-electron chi connectivity index (χ2n) is 6.96. The van der Waals surface area contributed by atoms with Gasteiger partial charge in [-0.2, -0.15) is 0 Å². The van der Waals surface area contributed by atoms with E-state index < -0.39 is 11.9 Å². The van der Waals surface area contributed by atoms with Crippen LogP contribution >= 0.6 is 0 Å². The number of carboxylic acid groups (broad SMARTS) is 1. The van der Waals surface area contributed by atoms with Gasteiger partial charge in [0.25, 0.3) is 5.91 Å². The lowest BCUT2D eigenvalue weighted by Crippen LogP contribution is -2.33. The molecular weight excluding hydrogens is 336 g/mol. The molecule has 1 saturated carbocycles. The van der Waals surface area contributed by atoms with E-state index in [0.29, 0.717) is 11.3 Å². The Labute approximate surface area is 149 Å². The predicted molar refractivity (Wildman–Crippen MR) is 91.2 cm³/mol. The molecule has 4 rings (SSSR count). The molecule has 2 bridgehead atoms. The van der Waals surface area contributed by atoms with Gasteiger partial charge in [0.05, 0.1) is 23.9 Å². The van der Waals surface area contributed by atoms with E-state index in [0.717, 1.165) is 6.42 Å². The molecule has 0 aromatic heterocycles. The zero-order valence-corrected chi connectivity index (χ0v) is 13.9. The van der Waals surface area contributed by atoms with Crippen molar-refractivity contribution in [2.24, 2.45) is 23.7 Å². The number of imide groups is 1. The summed E-state index contributed by atoms with van der Waals surface area (Å²) in [7, 11) is 0. The average molecular weight is 354 g/mol. The molecule has 0 radical (unpaired) electrons. The maximum absolute atomic E-state index is 12.7. The first-order valence-electron chi connectivity index (χ1n) is 8.63. The van der Waals surface area contributed by atoms with E-state index in [1.807, 2.05) is 12.2 Å². The Morgan fingerprint density at radius 1 is 1.04 bits per heavy atom. The summed E-state index contributed by atoms with van der Waals surface area (Å²) in [4.78, 5) is 49.2. The van der Waals surface area contributed by atoms with Gasteiger partial charge in [-0.05, 0) is 42.5 Å². The molecule has 4 unspecified atom stereocenters. The molecule has 1 heterocycles. The van der Waals surface area contributed by atoms with Crippen LogP contribution in [-0.4, -0.2) is 35.3 Å². The number of nitrogens with zero attached hydrogens (tertiary/aromatic N) is 1. The fraction of sp³-hybridized carbons (Fsp3) is 0.368. The van der Waals surface area contributed by atoms with Crippen LogP contribution in [0.15, 0.2) is 36.4 Å². The zero-order valence-electron chi connectivity index (χ0n) is 13.9. The molecule has 134 valence electrons. The molecule has 1 saturated heterocycles. The van der Waals surface area contributed by atoms with E-state index in [4.69, 9.17) is 5.11 Å². The Hall–Kier alpha value is -2.96. The average Bonchev–Trinajstić information content (AvgIpc) is 3.29. The Balaban J connectivity index is 1.48. The predicted octanol–water partition coefficient (Wildman–Crippen LogP) is 1.20. The minimum atomic E-state index is -0.985. The molecule has 26 heavy (non-hydrogen) atoms. The third kappa shape index (κ3) is 2.51. The number of aliphatic carboxylic acids is 1. The lowest BCUT2D eigenvalue weighted by atomic mass is 9.85. The van der Waals surface area contributed by atoms with Crippen LogP contribution in [-0.2, 0) is 14.4 Å². The Morgan fingerprint density at radius 2 is 1.62 bits per heavy atom. The van der Waals surface area contributed by atoms with Crippen molar-refractivity contribution in [2.75, 3.05) is 11.4 Å². The van der Waals surface area contributed by atoms with Gasteiger partial charge < -0.3 is 10.4 Å². The molecule has 3 aliphatic rings. The number of amides is 3. The molecule has 1 aromatic carbocycles. The first-order chi connectivity index (χ1) is 12.5. The summed E-state index contributed by atoms with van der Waals surface area (Å²) in [6, 6.07) is 6.23. The molecule has 3 amide bonds. The number of allylic oxidation sites excluding steroid dienone is 2. The lowest BCUT2D eigenvalue weighted by molar-refractivity contribution is -0.136. The first-order valence-corrected chi connectivity index (χ1v) is 8.63. The highest BCUT2D eigenvalue weighted by molar-refractivity contribution is 6.22. The van der Waals surface area contributed by atoms with Crippen molar-refractivity contribution in [3.63, 3.8) is 0 Å². The van der Waals surface area contributed by atoms with E-state index in [2.05, 4.69) is 5.32 Å². The van der Waals surface area contributed by atoms with Crippen molar-refractivity contribution < 1.29 is 24.3 Å². The van der Waals surface area contributed by atoms with Crippen LogP contribution in [0.5, 0.6) is 0 Å². The van der Waals surface area contributed by atoms with Gasteiger partial charge in [0.15, 0.2) is 0 Å². The van der Waals surface area contributed by atoms with Crippen LogP contribution in [0, 0.1) is 23.7 Å². The van der Waals surface area contributed by atoms with Crippen LogP contribution in [0.1, 0.15) is 23.2 Å². The second-order valence-corrected chi connectivity index (χ2v) is 6.96. The van der Waals surface area contributed by atoms with E-state index in [9.17, 15) is 19.2 Å². The van der Waals surface area contributed by atoms with Crippen molar-refractivity contribution in [2.45, 2.75) is 12.8 Å². The minimum Gasteiger partial charge on any atom is -0.481 e. The number of anilines is 1. The molecule has 1 aromatic rings. The number of hydrogen-bond acceptors (Lipinski definition) is 4. The highest BCUT2D eigenvalue weighted by Crippen LogP contribution is 2.53. The van der Waals surface area contributed by atoms with E-state index >= 15 is 0 Å². The van der Waals surface area contributed by atoms with Crippen LogP contribution in [0.25, 0.3) is 0 Å². The monoisotopic (exact) mass is 354 g/mol.